The largest absolute Gasteiger partial charge is 0.394 e. The molecule has 3 N–H and O–H groups in total. The van der Waals surface area contributed by atoms with E-state index in [1.165, 1.54) is 0 Å². The van der Waals surface area contributed by atoms with Gasteiger partial charge in [-0.3, -0.25) is 4.79 Å². The predicted octanol–water partition coefficient (Wildman–Crippen LogP) is -0.626. The Morgan fingerprint density at radius 2 is 2.27 bits per heavy atom. The lowest BCUT2D eigenvalue weighted by Crippen LogP contribution is -2.34. The molecule has 0 aliphatic carbocycles. The van der Waals surface area contributed by atoms with Crippen molar-refractivity contribution in [2.75, 3.05) is 13.2 Å². The van der Waals surface area contributed by atoms with Crippen LogP contribution in [0.15, 0.2) is 4.52 Å². The van der Waals surface area contributed by atoms with E-state index in [2.05, 4.69) is 10.5 Å². The van der Waals surface area contributed by atoms with Crippen LogP contribution in [0.2, 0.25) is 0 Å². The maximum atomic E-state index is 11.6. The quantitative estimate of drug-likeness (QED) is 0.620. The van der Waals surface area contributed by atoms with E-state index in [0.717, 1.165) is 0 Å². The third kappa shape index (κ3) is 2.77. The summed E-state index contributed by atoms with van der Waals surface area (Å²) in [6.07, 6.45) is -0.950. The number of aliphatic hydroxyl groups is 2. The van der Waals surface area contributed by atoms with E-state index in [9.17, 15) is 4.79 Å². The molecular formula is C9H14N2O4. The van der Waals surface area contributed by atoms with E-state index in [4.69, 9.17) is 14.7 Å². The Hall–Kier alpha value is -1.40. The molecule has 1 heterocycles. The van der Waals surface area contributed by atoms with Crippen LogP contribution in [-0.4, -0.2) is 40.5 Å². The van der Waals surface area contributed by atoms with Gasteiger partial charge in [-0.2, -0.15) is 0 Å². The second-order valence-corrected chi connectivity index (χ2v) is 3.25. The number of hydrogen-bond donors (Lipinski definition) is 3. The standard InChI is InChI=1S/C9H14N2O4/c1-5-8(6(2)15-11-5)9(14)10-3-7(13)4-12/h7,12-13H,3-4H2,1-2H3,(H,10,14). The lowest BCUT2D eigenvalue weighted by molar-refractivity contribution is 0.0800. The van der Waals surface area contributed by atoms with Gasteiger partial charge < -0.3 is 20.1 Å². The SMILES string of the molecule is Cc1noc(C)c1C(=O)NCC(O)CO. The average Bonchev–Trinajstić information content (AvgIpc) is 2.54. The summed E-state index contributed by atoms with van der Waals surface area (Å²) < 4.78 is 4.83. The minimum Gasteiger partial charge on any atom is -0.394 e. The smallest absolute Gasteiger partial charge is 0.256 e. The Morgan fingerprint density at radius 3 is 2.73 bits per heavy atom. The number of nitrogens with zero attached hydrogens (tertiary/aromatic N) is 1. The zero-order chi connectivity index (χ0) is 11.4. The molecule has 0 saturated carbocycles. The van der Waals surface area contributed by atoms with Gasteiger partial charge in [0.1, 0.15) is 11.3 Å². The van der Waals surface area contributed by atoms with Crippen molar-refractivity contribution in [3.05, 3.63) is 17.0 Å². The first-order valence-electron chi connectivity index (χ1n) is 4.56. The summed E-state index contributed by atoms with van der Waals surface area (Å²) in [6.45, 7) is 2.91. The number of carbonyl (C=O) groups is 1. The molecule has 0 aromatic carbocycles. The molecule has 0 fully saturated rings. The first kappa shape index (κ1) is 11.7. The van der Waals surface area contributed by atoms with E-state index in [0.29, 0.717) is 17.0 Å². The molecule has 1 atom stereocenters. The number of hydrogen-bond acceptors (Lipinski definition) is 5. The predicted molar refractivity (Wildman–Crippen MR) is 51.4 cm³/mol. The molecule has 0 aliphatic heterocycles. The van der Waals surface area contributed by atoms with Gasteiger partial charge in [-0.25, -0.2) is 0 Å². The van der Waals surface area contributed by atoms with Gasteiger partial charge in [0.15, 0.2) is 0 Å². The van der Waals surface area contributed by atoms with Gasteiger partial charge in [0.25, 0.3) is 5.91 Å². The van der Waals surface area contributed by atoms with Gasteiger partial charge >= 0.3 is 0 Å². The van der Waals surface area contributed by atoms with Crippen molar-refractivity contribution in [2.24, 2.45) is 0 Å². The monoisotopic (exact) mass is 214 g/mol. The molecule has 6 nitrogen and oxygen atoms in total. The minimum atomic E-state index is -0.950. The minimum absolute atomic E-state index is 0.000602. The Bertz CT molecular complexity index is 328. The summed E-state index contributed by atoms with van der Waals surface area (Å²) in [5.41, 5.74) is 0.878. The van der Waals surface area contributed by atoms with Crippen LogP contribution in [0.3, 0.4) is 0 Å². The highest BCUT2D eigenvalue weighted by molar-refractivity contribution is 5.96. The third-order valence-electron chi connectivity index (χ3n) is 1.97. The summed E-state index contributed by atoms with van der Waals surface area (Å²) >= 11 is 0. The molecule has 0 bridgehead atoms. The van der Waals surface area contributed by atoms with Crippen molar-refractivity contribution in [3.63, 3.8) is 0 Å². The van der Waals surface area contributed by atoms with Crippen LogP contribution < -0.4 is 5.32 Å². The summed E-state index contributed by atoms with van der Waals surface area (Å²) in [4.78, 5) is 11.6. The number of amides is 1. The van der Waals surface area contributed by atoms with Crippen LogP contribution >= 0.6 is 0 Å². The molecule has 0 aliphatic rings. The molecule has 1 aromatic heterocycles. The Labute approximate surface area is 86.9 Å². The lowest BCUT2D eigenvalue weighted by atomic mass is 10.2. The van der Waals surface area contributed by atoms with E-state index in [1.807, 2.05) is 0 Å². The van der Waals surface area contributed by atoms with E-state index in [1.54, 1.807) is 13.8 Å². The summed E-state index contributed by atoms with van der Waals surface area (Å²) in [5, 5.41) is 23.7. The van der Waals surface area contributed by atoms with Crippen LogP contribution in [0.4, 0.5) is 0 Å². The number of aromatic nitrogens is 1. The maximum absolute atomic E-state index is 11.6. The molecule has 6 heteroatoms. The molecular weight excluding hydrogens is 200 g/mol. The van der Waals surface area contributed by atoms with Crippen LogP contribution in [0.1, 0.15) is 21.8 Å². The first-order valence-corrected chi connectivity index (χ1v) is 4.56. The summed E-state index contributed by atoms with van der Waals surface area (Å²) in [7, 11) is 0. The third-order valence-corrected chi connectivity index (χ3v) is 1.97. The highest BCUT2D eigenvalue weighted by atomic mass is 16.5. The highest BCUT2D eigenvalue weighted by Crippen LogP contribution is 2.11. The highest BCUT2D eigenvalue weighted by Gasteiger charge is 2.17. The topological polar surface area (TPSA) is 95.6 Å². The zero-order valence-corrected chi connectivity index (χ0v) is 8.65. The van der Waals surface area contributed by atoms with Gasteiger partial charge in [-0.05, 0) is 13.8 Å². The molecule has 1 amide bonds. The fourth-order valence-corrected chi connectivity index (χ4v) is 1.17. The fourth-order valence-electron chi connectivity index (χ4n) is 1.17. The van der Waals surface area contributed by atoms with Crippen molar-refractivity contribution < 1.29 is 19.5 Å². The van der Waals surface area contributed by atoms with Crippen molar-refractivity contribution in [3.8, 4) is 0 Å². The Kier molecular flexibility index (Phi) is 3.81. The summed E-state index contributed by atoms with van der Waals surface area (Å²) in [6, 6.07) is 0. The number of aliphatic hydroxyl groups excluding tert-OH is 2. The lowest BCUT2D eigenvalue weighted by Gasteiger charge is -2.08. The molecule has 0 saturated heterocycles. The molecule has 1 rings (SSSR count). The number of rotatable bonds is 4. The number of carbonyl (C=O) groups excluding carboxylic acids is 1. The average molecular weight is 214 g/mol. The van der Waals surface area contributed by atoms with Crippen molar-refractivity contribution in [2.45, 2.75) is 20.0 Å². The number of aryl methyl sites for hydroxylation is 2. The van der Waals surface area contributed by atoms with E-state index < -0.39 is 6.10 Å². The van der Waals surface area contributed by atoms with Gasteiger partial charge in [-0.15, -0.1) is 0 Å². The van der Waals surface area contributed by atoms with Crippen LogP contribution in [-0.2, 0) is 0 Å². The normalized spacial score (nSPS) is 12.5. The van der Waals surface area contributed by atoms with Gasteiger partial charge in [0, 0.05) is 6.54 Å². The van der Waals surface area contributed by atoms with Gasteiger partial charge in [-0.1, -0.05) is 5.16 Å². The zero-order valence-electron chi connectivity index (χ0n) is 8.65. The van der Waals surface area contributed by atoms with Crippen LogP contribution in [0, 0.1) is 13.8 Å². The molecule has 1 aromatic rings. The van der Waals surface area contributed by atoms with E-state index in [-0.39, 0.29) is 19.1 Å². The molecule has 0 radical (unpaired) electrons. The van der Waals surface area contributed by atoms with Crippen molar-refractivity contribution in [1.29, 1.82) is 0 Å². The van der Waals surface area contributed by atoms with Crippen molar-refractivity contribution >= 4 is 5.91 Å². The Balaban J connectivity index is 2.62. The molecule has 15 heavy (non-hydrogen) atoms. The van der Waals surface area contributed by atoms with Crippen molar-refractivity contribution in [1.82, 2.24) is 10.5 Å². The first-order chi connectivity index (χ1) is 7.06. The molecule has 0 spiro atoms. The van der Waals surface area contributed by atoms with Crippen LogP contribution in [0.5, 0.6) is 0 Å². The Morgan fingerprint density at radius 1 is 1.60 bits per heavy atom. The van der Waals surface area contributed by atoms with Gasteiger partial charge in [0.05, 0.1) is 18.4 Å². The maximum Gasteiger partial charge on any atom is 0.256 e. The molecule has 1 unspecified atom stereocenters. The second-order valence-electron chi connectivity index (χ2n) is 3.25. The summed E-state index contributed by atoms with van der Waals surface area (Å²) in [5.74, 6) is 0.0715. The van der Waals surface area contributed by atoms with Gasteiger partial charge in [0.2, 0.25) is 0 Å². The second kappa shape index (κ2) is 4.90. The van der Waals surface area contributed by atoms with E-state index >= 15 is 0 Å². The molecule has 84 valence electrons. The number of nitrogens with one attached hydrogen (secondary N) is 1. The fraction of sp³-hybridized carbons (Fsp3) is 0.556. The van der Waals surface area contributed by atoms with Crippen LogP contribution in [0.25, 0.3) is 0 Å².